The second-order valence-electron chi connectivity index (χ2n) is 23.9. The van der Waals surface area contributed by atoms with Crippen LogP contribution in [0, 0.1) is 11.3 Å². The number of ether oxygens (including phenoxy) is 3. The van der Waals surface area contributed by atoms with Crippen molar-refractivity contribution in [2.45, 2.75) is 144 Å². The lowest BCUT2D eigenvalue weighted by atomic mass is 10.1. The van der Waals surface area contributed by atoms with Crippen LogP contribution in [0.2, 0.25) is 0 Å². The number of anilines is 3. The molecule has 504 valence electrons. The summed E-state index contributed by atoms with van der Waals surface area (Å²) < 4.78 is 73.2. The lowest BCUT2D eigenvalue weighted by molar-refractivity contribution is -0.184. The molecule has 0 radical (unpaired) electrons. The van der Waals surface area contributed by atoms with Crippen LogP contribution >= 0.6 is 8.53 Å². The second kappa shape index (κ2) is 30.4. The van der Waals surface area contributed by atoms with Crippen molar-refractivity contribution < 1.29 is 74.8 Å². The van der Waals surface area contributed by atoms with E-state index in [1.54, 1.807) is 86.1 Å². The third-order valence-electron chi connectivity index (χ3n) is 17.2. The number of nitriles is 1. The topological polar surface area (TPSA) is 241 Å². The number of benzene rings is 3. The molecule has 0 N–H and O–H groups in total. The van der Waals surface area contributed by atoms with Crippen LogP contribution < -0.4 is 14.7 Å². The van der Waals surface area contributed by atoms with Gasteiger partial charge in [-0.2, -0.15) is 18.4 Å². The first-order valence-corrected chi connectivity index (χ1v) is 33.4. The van der Waals surface area contributed by atoms with Crippen LogP contribution in [0.25, 0.3) is 32.7 Å². The number of nitrogens with zero attached hydrogens (tertiary/aromatic N) is 10. The van der Waals surface area contributed by atoms with Crippen molar-refractivity contribution >= 4 is 106 Å². The van der Waals surface area contributed by atoms with E-state index in [1.807, 2.05) is 6.07 Å². The van der Waals surface area contributed by atoms with Crippen LogP contribution in [0.1, 0.15) is 154 Å². The molecule has 6 heterocycles. The Balaban J connectivity index is 0.932. The van der Waals surface area contributed by atoms with Crippen molar-refractivity contribution in [3.05, 3.63) is 88.4 Å². The molecule has 0 saturated carbocycles. The molecule has 0 fully saturated rings. The molecule has 3 aromatic heterocycles. The largest absolute Gasteiger partial charge is 0.471 e. The Morgan fingerprint density at radius 1 is 0.553 bits per heavy atom. The predicted molar refractivity (Wildman–Crippen MR) is 349 cm³/mol. The lowest BCUT2D eigenvalue weighted by Gasteiger charge is -2.35. The zero-order valence-electron chi connectivity index (χ0n) is 54.8. The standard InChI is InChI=1S/C67H82F3N10O13P/c1-10-89-64(86)77-53-26-23-51-45(47(53)39-56(77)60(82)72(8)32-17-13-14-18-33-73(9)63(85)67(68,69)70)29-35-75(51)62(84)58-41-49-46-30-36-76(52(46)24-27-55(49)79(58)66(88)91-12-3)61(83)57-40-48-44-28-34-74(50(44)22-25-54(48)78(57)65(87)90-11-2)59(81)21-16-15-19-37-92-94(93-38-20-31-71)80(42(4)5)43(6)7/h22-27,39-43H,10-21,28-30,32-38H2,1-9H3. The van der Waals surface area contributed by atoms with Crippen molar-refractivity contribution in [2.24, 2.45) is 0 Å². The highest BCUT2D eigenvalue weighted by molar-refractivity contribution is 7.44. The van der Waals surface area contributed by atoms with Gasteiger partial charge >= 0.3 is 30.4 Å². The molecular weight excluding hydrogens is 1240 g/mol. The maximum absolute atomic E-state index is 15.1. The normalized spacial score (nSPS) is 13.9. The highest BCUT2D eigenvalue weighted by atomic mass is 31.2. The molecule has 0 spiro atoms. The molecule has 3 aromatic carbocycles. The van der Waals surface area contributed by atoms with Gasteiger partial charge in [0.2, 0.25) is 5.91 Å². The summed E-state index contributed by atoms with van der Waals surface area (Å²) in [5.41, 5.74) is 5.10. The molecule has 5 amide bonds. The van der Waals surface area contributed by atoms with Crippen LogP contribution in [0.5, 0.6) is 0 Å². The number of alkyl halides is 3. The van der Waals surface area contributed by atoms with E-state index < -0.39 is 56.6 Å². The number of carbonyl (C=O) groups is 8. The summed E-state index contributed by atoms with van der Waals surface area (Å²) in [4.78, 5) is 118. The second-order valence-corrected chi connectivity index (χ2v) is 25.4. The molecule has 9 rings (SSSR count). The van der Waals surface area contributed by atoms with Gasteiger partial charge in [-0.05, 0) is 165 Å². The fourth-order valence-electron chi connectivity index (χ4n) is 13.0. The lowest BCUT2D eigenvalue weighted by Crippen LogP contribution is -2.38. The maximum atomic E-state index is 15.1. The average Bonchev–Trinajstić information content (AvgIpc) is 1.58. The Morgan fingerprint density at radius 3 is 1.39 bits per heavy atom. The van der Waals surface area contributed by atoms with Crippen molar-refractivity contribution in [3.63, 3.8) is 0 Å². The number of unbranched alkanes of at least 4 members (excludes halogenated alkanes) is 5. The van der Waals surface area contributed by atoms with Crippen LogP contribution in [0.3, 0.4) is 0 Å². The number of aromatic nitrogens is 3. The average molecular weight is 1320 g/mol. The highest BCUT2D eigenvalue weighted by Crippen LogP contribution is 2.47. The van der Waals surface area contributed by atoms with Gasteiger partial charge in [0.25, 0.3) is 26.2 Å². The number of halogens is 3. The Labute approximate surface area is 545 Å². The van der Waals surface area contributed by atoms with Gasteiger partial charge in [0.15, 0.2) is 0 Å². The van der Waals surface area contributed by atoms with E-state index in [0.29, 0.717) is 137 Å². The number of rotatable bonds is 26. The number of amides is 5. The molecule has 3 aliphatic rings. The highest BCUT2D eigenvalue weighted by Gasteiger charge is 2.42. The molecule has 27 heteroatoms. The number of hydrogen-bond donors (Lipinski definition) is 0. The molecule has 23 nitrogen and oxygen atoms in total. The SMILES string of the molecule is CCOC(=O)n1c(C(=O)N2CCc3c2ccc2c3cc(C(=O)N3CCc4c3ccc3c4cc(C(=O)N(C)CCCCCCN(C)C(=O)C(F)(F)F)n3C(=O)OCC)n2C(=O)OCC)cc2c3c(ccc21)N(C(=O)CCCCCOP(OCCC#N)N(C(C)C)C(C)C)CC3. The summed E-state index contributed by atoms with van der Waals surface area (Å²) >= 11 is 0. The van der Waals surface area contributed by atoms with E-state index in [0.717, 1.165) is 25.5 Å². The van der Waals surface area contributed by atoms with Gasteiger partial charge in [-0.3, -0.25) is 24.0 Å². The minimum Gasteiger partial charge on any atom is -0.449 e. The fraction of sp³-hybridized carbons (Fsp3) is 0.507. The Bertz CT molecular complexity index is 3920. The first kappa shape index (κ1) is 70.0. The molecule has 0 aliphatic carbocycles. The summed E-state index contributed by atoms with van der Waals surface area (Å²) in [5.74, 6) is -3.48. The van der Waals surface area contributed by atoms with Gasteiger partial charge < -0.3 is 47.8 Å². The summed E-state index contributed by atoms with van der Waals surface area (Å²) in [7, 11) is 1.31. The minimum atomic E-state index is -4.95. The summed E-state index contributed by atoms with van der Waals surface area (Å²) in [6.45, 7) is 15.0. The molecule has 6 aromatic rings. The predicted octanol–water partition coefficient (Wildman–Crippen LogP) is 12.4. The van der Waals surface area contributed by atoms with Crippen molar-refractivity contribution in [3.8, 4) is 6.07 Å². The minimum absolute atomic E-state index is 0.00308. The molecule has 3 aliphatic heterocycles. The Hall–Kier alpha value is -8.37. The van der Waals surface area contributed by atoms with Crippen molar-refractivity contribution in [2.75, 3.05) is 94.6 Å². The Morgan fingerprint density at radius 2 is 0.957 bits per heavy atom. The van der Waals surface area contributed by atoms with E-state index in [9.17, 15) is 41.9 Å². The van der Waals surface area contributed by atoms with Gasteiger partial charge in [0.05, 0.1) is 62.1 Å². The quantitative estimate of drug-likeness (QED) is 0.0279. The van der Waals surface area contributed by atoms with E-state index >= 15 is 9.59 Å². The number of hydrogen-bond acceptors (Lipinski definition) is 15. The molecular formula is C67H82F3N10O13P. The first-order valence-electron chi connectivity index (χ1n) is 32.3. The molecule has 0 saturated heterocycles. The van der Waals surface area contributed by atoms with Crippen molar-refractivity contribution in [1.29, 1.82) is 5.26 Å². The molecule has 0 bridgehead atoms. The van der Waals surface area contributed by atoms with Crippen LogP contribution in [0.4, 0.5) is 44.6 Å². The van der Waals surface area contributed by atoms with Crippen molar-refractivity contribution in [1.82, 2.24) is 28.2 Å². The van der Waals surface area contributed by atoms with E-state index in [2.05, 4.69) is 38.4 Å². The van der Waals surface area contributed by atoms with E-state index in [1.165, 1.54) is 23.5 Å². The molecule has 94 heavy (non-hydrogen) atoms. The van der Waals surface area contributed by atoms with Gasteiger partial charge in [0, 0.05) is 98.5 Å². The van der Waals surface area contributed by atoms with Crippen LogP contribution in [-0.4, -0.2) is 174 Å². The molecule has 1 atom stereocenters. The third kappa shape index (κ3) is 14.3. The summed E-state index contributed by atoms with van der Waals surface area (Å²) in [6, 6.07) is 17.6. The van der Waals surface area contributed by atoms with E-state index in [4.69, 9.17) is 28.5 Å². The monoisotopic (exact) mass is 1320 g/mol. The van der Waals surface area contributed by atoms with Crippen LogP contribution in [0.15, 0.2) is 54.6 Å². The van der Waals surface area contributed by atoms with Gasteiger partial charge in [-0.1, -0.05) is 19.3 Å². The maximum Gasteiger partial charge on any atom is 0.471 e. The van der Waals surface area contributed by atoms with Gasteiger partial charge in [0.1, 0.15) is 17.1 Å². The number of carbonyl (C=O) groups excluding carboxylic acids is 8. The van der Waals surface area contributed by atoms with Gasteiger partial charge in [-0.25, -0.2) is 32.8 Å². The number of fused-ring (bicyclic) bond motifs is 9. The Kier molecular flexibility index (Phi) is 22.6. The first-order chi connectivity index (χ1) is 45.0. The van der Waals surface area contributed by atoms with E-state index in [-0.39, 0.29) is 94.1 Å². The zero-order valence-corrected chi connectivity index (χ0v) is 55.7. The van der Waals surface area contributed by atoms with Crippen LogP contribution in [-0.2, 0) is 52.1 Å². The fourth-order valence-corrected chi connectivity index (χ4v) is 14.6. The third-order valence-corrected chi connectivity index (χ3v) is 19.3. The molecule has 1 unspecified atom stereocenters. The summed E-state index contributed by atoms with van der Waals surface area (Å²) in [6.07, 6.45) is -1.60. The van der Waals surface area contributed by atoms with Gasteiger partial charge in [-0.15, -0.1) is 0 Å². The smallest absolute Gasteiger partial charge is 0.449 e. The zero-order chi connectivity index (χ0) is 67.9. The summed E-state index contributed by atoms with van der Waals surface area (Å²) in [5, 5.41) is 10.8.